The van der Waals surface area contributed by atoms with Gasteiger partial charge in [-0.1, -0.05) is 12.1 Å². The van der Waals surface area contributed by atoms with Gasteiger partial charge in [0, 0.05) is 11.6 Å². The maximum Gasteiger partial charge on any atom is 0.256 e. The molecule has 1 heterocycles. The molecule has 0 saturated heterocycles. The molecule has 2 rings (SSSR count). The molecule has 1 N–H and O–H groups in total. The lowest BCUT2D eigenvalue weighted by molar-refractivity contribution is 0.107. The molecule has 14 heavy (non-hydrogen) atoms. The van der Waals surface area contributed by atoms with Crippen molar-refractivity contribution in [2.75, 3.05) is 0 Å². The van der Waals surface area contributed by atoms with Crippen LogP contribution in [-0.2, 0) is 0 Å². The molecule has 0 unspecified atom stereocenters. The number of aromatic hydroxyl groups is 1. The number of aromatic nitrogens is 1. The molecule has 0 aliphatic rings. The second-order valence-electron chi connectivity index (χ2n) is 2.81. The smallest absolute Gasteiger partial charge is 0.256 e. The molecular weight excluding hydrogens is 202 g/mol. The maximum absolute atomic E-state index is 10.9. The third kappa shape index (κ3) is 1.32. The SMILES string of the molecule is O=C(Cl)c1ccc2cccnc2c1O. The van der Waals surface area contributed by atoms with Crippen LogP contribution in [0.15, 0.2) is 30.5 Å². The molecule has 4 heteroatoms. The Bertz CT molecular complexity index is 510. The lowest BCUT2D eigenvalue weighted by atomic mass is 10.1. The first-order valence-corrected chi connectivity index (χ1v) is 4.34. The summed E-state index contributed by atoms with van der Waals surface area (Å²) in [5.74, 6) is -0.164. The van der Waals surface area contributed by atoms with Crippen molar-refractivity contribution in [1.82, 2.24) is 4.98 Å². The molecule has 2 aromatic rings. The average molecular weight is 208 g/mol. The number of rotatable bonds is 1. The molecule has 0 atom stereocenters. The monoisotopic (exact) mass is 207 g/mol. The van der Waals surface area contributed by atoms with E-state index in [0.29, 0.717) is 5.52 Å². The molecule has 0 radical (unpaired) electrons. The summed E-state index contributed by atoms with van der Waals surface area (Å²) < 4.78 is 0. The van der Waals surface area contributed by atoms with Gasteiger partial charge in [0.1, 0.15) is 5.52 Å². The van der Waals surface area contributed by atoms with Crippen molar-refractivity contribution in [1.29, 1.82) is 0 Å². The number of phenolic OH excluding ortho intramolecular Hbond substituents is 1. The second-order valence-corrected chi connectivity index (χ2v) is 3.15. The Balaban J connectivity index is 2.81. The van der Waals surface area contributed by atoms with Gasteiger partial charge in [0.05, 0.1) is 5.56 Å². The van der Waals surface area contributed by atoms with E-state index in [2.05, 4.69) is 4.98 Å². The molecule has 70 valence electrons. The molecule has 0 aliphatic carbocycles. The van der Waals surface area contributed by atoms with Crippen LogP contribution in [0.1, 0.15) is 10.4 Å². The van der Waals surface area contributed by atoms with Crippen LogP contribution in [0.3, 0.4) is 0 Å². The third-order valence-corrected chi connectivity index (χ3v) is 2.16. The van der Waals surface area contributed by atoms with Crippen LogP contribution in [0, 0.1) is 0 Å². The number of halogens is 1. The maximum atomic E-state index is 10.9. The van der Waals surface area contributed by atoms with E-state index in [1.807, 2.05) is 0 Å². The lowest BCUT2D eigenvalue weighted by Crippen LogP contribution is -1.91. The average Bonchev–Trinajstić information content (AvgIpc) is 2.18. The second kappa shape index (κ2) is 3.27. The van der Waals surface area contributed by atoms with E-state index in [0.717, 1.165) is 5.39 Å². The van der Waals surface area contributed by atoms with Crippen molar-refractivity contribution in [3.05, 3.63) is 36.0 Å². The van der Waals surface area contributed by atoms with Gasteiger partial charge in [-0.15, -0.1) is 0 Å². The molecule has 0 bridgehead atoms. The molecule has 0 fully saturated rings. The fourth-order valence-corrected chi connectivity index (χ4v) is 1.44. The van der Waals surface area contributed by atoms with Gasteiger partial charge in [-0.2, -0.15) is 0 Å². The van der Waals surface area contributed by atoms with E-state index in [9.17, 15) is 9.90 Å². The number of benzene rings is 1. The predicted octanol–water partition coefficient (Wildman–Crippen LogP) is 2.32. The third-order valence-electron chi connectivity index (χ3n) is 1.96. The van der Waals surface area contributed by atoms with Crippen LogP contribution in [0.2, 0.25) is 0 Å². The lowest BCUT2D eigenvalue weighted by Gasteiger charge is -2.02. The summed E-state index contributed by atoms with van der Waals surface area (Å²) in [6.07, 6.45) is 1.55. The number of carbonyl (C=O) groups is 1. The first kappa shape index (κ1) is 8.97. The normalized spacial score (nSPS) is 10.4. The molecule has 1 aromatic heterocycles. The molecule has 0 spiro atoms. The fourth-order valence-electron chi connectivity index (χ4n) is 1.29. The summed E-state index contributed by atoms with van der Waals surface area (Å²) in [7, 11) is 0. The summed E-state index contributed by atoms with van der Waals surface area (Å²) in [4.78, 5) is 14.9. The summed E-state index contributed by atoms with van der Waals surface area (Å²) >= 11 is 5.28. The van der Waals surface area contributed by atoms with Gasteiger partial charge in [-0.3, -0.25) is 9.78 Å². The first-order valence-electron chi connectivity index (χ1n) is 3.96. The highest BCUT2D eigenvalue weighted by molar-refractivity contribution is 6.68. The van der Waals surface area contributed by atoms with Crippen molar-refractivity contribution in [3.63, 3.8) is 0 Å². The van der Waals surface area contributed by atoms with Crippen LogP contribution < -0.4 is 0 Å². The van der Waals surface area contributed by atoms with Crippen molar-refractivity contribution < 1.29 is 9.90 Å². The number of nitrogens with zero attached hydrogens (tertiary/aromatic N) is 1. The Labute approximate surface area is 85.0 Å². The predicted molar refractivity (Wildman–Crippen MR) is 53.6 cm³/mol. The molecule has 0 aliphatic heterocycles. The quantitative estimate of drug-likeness (QED) is 0.731. The van der Waals surface area contributed by atoms with Crippen molar-refractivity contribution in [3.8, 4) is 5.75 Å². The van der Waals surface area contributed by atoms with Crippen LogP contribution >= 0.6 is 11.6 Å². The molecular formula is C10H6ClNO2. The summed E-state index contributed by atoms with van der Waals surface area (Å²) in [6, 6.07) is 6.72. The largest absolute Gasteiger partial charge is 0.505 e. The van der Waals surface area contributed by atoms with E-state index >= 15 is 0 Å². The zero-order chi connectivity index (χ0) is 10.1. The topological polar surface area (TPSA) is 50.2 Å². The van der Waals surface area contributed by atoms with Gasteiger partial charge < -0.3 is 5.11 Å². The van der Waals surface area contributed by atoms with Gasteiger partial charge in [0.25, 0.3) is 5.24 Å². The van der Waals surface area contributed by atoms with Gasteiger partial charge in [-0.05, 0) is 23.7 Å². The molecule has 0 saturated carbocycles. The van der Waals surface area contributed by atoms with Crippen molar-refractivity contribution in [2.24, 2.45) is 0 Å². The zero-order valence-corrected chi connectivity index (χ0v) is 7.82. The number of phenols is 1. The summed E-state index contributed by atoms with van der Waals surface area (Å²) in [5, 5.41) is 9.74. The molecule has 0 amide bonds. The summed E-state index contributed by atoms with van der Waals surface area (Å²) in [5.41, 5.74) is 0.469. The zero-order valence-electron chi connectivity index (χ0n) is 7.07. The van der Waals surface area contributed by atoms with Crippen LogP contribution in [0.4, 0.5) is 0 Å². The number of fused-ring (bicyclic) bond motifs is 1. The minimum Gasteiger partial charge on any atom is -0.505 e. The van der Waals surface area contributed by atoms with Gasteiger partial charge >= 0.3 is 0 Å². The van der Waals surface area contributed by atoms with E-state index in [4.69, 9.17) is 11.6 Å². The Morgan fingerprint density at radius 1 is 1.36 bits per heavy atom. The van der Waals surface area contributed by atoms with Crippen LogP contribution in [0.5, 0.6) is 5.75 Å². The van der Waals surface area contributed by atoms with Crippen molar-refractivity contribution in [2.45, 2.75) is 0 Å². The van der Waals surface area contributed by atoms with E-state index in [-0.39, 0.29) is 11.3 Å². The minimum absolute atomic E-state index is 0.0814. The Hall–Kier alpha value is -1.61. The summed E-state index contributed by atoms with van der Waals surface area (Å²) in [6.45, 7) is 0. The highest BCUT2D eigenvalue weighted by atomic mass is 35.5. The van der Waals surface area contributed by atoms with Gasteiger partial charge in [0.15, 0.2) is 5.75 Å². The van der Waals surface area contributed by atoms with Crippen molar-refractivity contribution >= 4 is 27.7 Å². The number of hydrogen-bond donors (Lipinski definition) is 1. The number of hydrogen-bond acceptors (Lipinski definition) is 3. The van der Waals surface area contributed by atoms with Crippen LogP contribution in [-0.4, -0.2) is 15.3 Å². The van der Waals surface area contributed by atoms with Gasteiger partial charge in [0.2, 0.25) is 0 Å². The molecule has 1 aromatic carbocycles. The Morgan fingerprint density at radius 3 is 2.86 bits per heavy atom. The fraction of sp³-hybridized carbons (Fsp3) is 0. The van der Waals surface area contributed by atoms with Gasteiger partial charge in [-0.25, -0.2) is 0 Å². The highest BCUT2D eigenvalue weighted by Crippen LogP contribution is 2.27. The number of pyridine rings is 1. The Morgan fingerprint density at radius 2 is 2.14 bits per heavy atom. The van der Waals surface area contributed by atoms with Crippen LogP contribution in [0.25, 0.3) is 10.9 Å². The molecule has 3 nitrogen and oxygen atoms in total. The van der Waals surface area contributed by atoms with E-state index in [1.165, 1.54) is 6.07 Å². The standard InChI is InChI=1S/C10H6ClNO2/c11-10(14)7-4-3-6-2-1-5-12-8(6)9(7)13/h1-5,13H. The first-order chi connectivity index (χ1) is 6.70. The number of carbonyl (C=O) groups excluding carboxylic acids is 1. The minimum atomic E-state index is -0.685. The van der Waals surface area contributed by atoms with E-state index < -0.39 is 5.24 Å². The van der Waals surface area contributed by atoms with E-state index in [1.54, 1.807) is 24.4 Å². The highest BCUT2D eigenvalue weighted by Gasteiger charge is 2.11. The Kier molecular flexibility index (Phi) is 2.09.